The zero-order valence-electron chi connectivity index (χ0n) is 19.2. The minimum absolute atomic E-state index is 0.0842. The molecule has 1 unspecified atom stereocenters. The van der Waals surface area contributed by atoms with E-state index in [4.69, 9.17) is 23.7 Å². The number of rotatable bonds is 6. The molecule has 0 spiro atoms. The van der Waals surface area contributed by atoms with Crippen LogP contribution in [-0.4, -0.2) is 55.0 Å². The van der Waals surface area contributed by atoms with Gasteiger partial charge in [0.05, 0.1) is 24.7 Å². The van der Waals surface area contributed by atoms with Gasteiger partial charge in [0.25, 0.3) is 0 Å². The summed E-state index contributed by atoms with van der Waals surface area (Å²) in [5.74, 6) is 0.427. The van der Waals surface area contributed by atoms with Crippen molar-refractivity contribution < 1.29 is 33.3 Å². The fraction of sp³-hybridized carbons (Fsp3) is 0.440. The number of hydrogen-bond donors (Lipinski definition) is 0. The Kier molecular flexibility index (Phi) is 6.18. The highest BCUT2D eigenvalue weighted by Gasteiger charge is 2.44. The van der Waals surface area contributed by atoms with Crippen molar-refractivity contribution in [1.29, 1.82) is 0 Å². The smallest absolute Gasteiger partial charge is 0.417 e. The van der Waals surface area contributed by atoms with E-state index < -0.39 is 17.9 Å². The van der Waals surface area contributed by atoms with Crippen LogP contribution in [0.4, 0.5) is 4.79 Å². The highest BCUT2D eigenvalue weighted by atomic mass is 32.2. The molecule has 5 rings (SSSR count). The third-order valence-corrected chi connectivity index (χ3v) is 7.08. The molecule has 2 saturated heterocycles. The van der Waals surface area contributed by atoms with Crippen LogP contribution < -0.4 is 9.47 Å². The number of benzene rings is 2. The van der Waals surface area contributed by atoms with Gasteiger partial charge in [-0.1, -0.05) is 44.2 Å². The Labute approximate surface area is 202 Å². The maximum Gasteiger partial charge on any atom is 0.417 e. The van der Waals surface area contributed by atoms with Gasteiger partial charge in [0.2, 0.25) is 18.5 Å². The summed E-state index contributed by atoms with van der Waals surface area (Å²) >= 11 is 1.36. The minimum atomic E-state index is -1.04. The van der Waals surface area contributed by atoms with Gasteiger partial charge in [-0.2, -0.15) is 0 Å². The lowest BCUT2D eigenvalue weighted by atomic mass is 9.93. The Morgan fingerprint density at radius 1 is 1.03 bits per heavy atom. The first kappa shape index (κ1) is 23.0. The second kappa shape index (κ2) is 9.13. The molecule has 8 nitrogen and oxygen atoms in total. The molecule has 2 amide bonds. The Bertz CT molecular complexity index is 1060. The Hall–Kier alpha value is -2.75. The van der Waals surface area contributed by atoms with Gasteiger partial charge in [-0.3, -0.25) is 4.79 Å². The van der Waals surface area contributed by atoms with Crippen LogP contribution in [0.3, 0.4) is 0 Å². The lowest BCUT2D eigenvalue weighted by molar-refractivity contribution is -0.295. The zero-order valence-corrected chi connectivity index (χ0v) is 20.0. The van der Waals surface area contributed by atoms with Gasteiger partial charge in [0.15, 0.2) is 11.5 Å². The molecular weight excluding hydrogens is 458 g/mol. The molecule has 1 atom stereocenters. The summed E-state index contributed by atoms with van der Waals surface area (Å²) < 4.78 is 28.7. The number of thioether (sulfide) groups is 1. The average Bonchev–Trinajstić information content (AvgIpc) is 3.47. The average molecular weight is 486 g/mol. The van der Waals surface area contributed by atoms with Gasteiger partial charge >= 0.3 is 6.09 Å². The number of hydrogen-bond acceptors (Lipinski definition) is 8. The fourth-order valence-electron chi connectivity index (χ4n) is 4.13. The molecule has 3 aliphatic rings. The molecule has 0 saturated carbocycles. The summed E-state index contributed by atoms with van der Waals surface area (Å²) in [5, 5.41) is 0. The fourth-order valence-corrected chi connectivity index (χ4v) is 5.15. The molecular formula is C25H27NO7S. The monoisotopic (exact) mass is 485 g/mol. The minimum Gasteiger partial charge on any atom is -0.454 e. The van der Waals surface area contributed by atoms with Crippen molar-refractivity contribution in [2.45, 2.75) is 25.7 Å². The molecule has 0 radical (unpaired) electrons. The second-order valence-corrected chi connectivity index (χ2v) is 10.3. The number of fused-ring (bicyclic) bond motifs is 1. The first-order valence-corrected chi connectivity index (χ1v) is 12.3. The van der Waals surface area contributed by atoms with Crippen molar-refractivity contribution in [1.82, 2.24) is 4.90 Å². The van der Waals surface area contributed by atoms with Crippen LogP contribution in [-0.2, 0) is 24.8 Å². The van der Waals surface area contributed by atoms with Gasteiger partial charge in [-0.05, 0) is 23.8 Å². The molecule has 0 bridgehead atoms. The molecule has 9 heteroatoms. The number of ether oxygens (including phenoxy) is 5. The molecule has 3 heterocycles. The van der Waals surface area contributed by atoms with Crippen LogP contribution in [0.1, 0.15) is 31.0 Å². The van der Waals surface area contributed by atoms with Crippen LogP contribution >= 0.6 is 11.8 Å². The standard InChI is InChI=1S/C25H27NO7S/c1-24(2)13-32-25(33-14-24,18-8-9-20-21(10-18)31-16-30-20)15-34-12-22(27)26-19(11-29-23(26)28)17-6-4-3-5-7-17/h3-10,19H,11-16H2,1-2H3. The summed E-state index contributed by atoms with van der Waals surface area (Å²) in [4.78, 5) is 26.6. The number of cyclic esters (lactones) is 1. The van der Waals surface area contributed by atoms with Crippen molar-refractivity contribution >= 4 is 23.8 Å². The van der Waals surface area contributed by atoms with Crippen molar-refractivity contribution in [3.63, 3.8) is 0 Å². The number of amides is 2. The SMILES string of the molecule is CC1(C)COC(CSCC(=O)N2C(=O)OCC2c2ccccc2)(c2ccc3c(c2)OCO3)OC1. The first-order chi connectivity index (χ1) is 16.4. The van der Waals surface area contributed by atoms with Gasteiger partial charge < -0.3 is 23.7 Å². The third-order valence-electron chi connectivity index (χ3n) is 6.05. The van der Waals surface area contributed by atoms with E-state index in [2.05, 4.69) is 13.8 Å². The van der Waals surface area contributed by atoms with E-state index in [9.17, 15) is 9.59 Å². The lowest BCUT2D eigenvalue weighted by Crippen LogP contribution is -2.47. The Morgan fingerprint density at radius 3 is 2.53 bits per heavy atom. The Balaban J connectivity index is 1.30. The van der Waals surface area contributed by atoms with Crippen LogP contribution in [0.2, 0.25) is 0 Å². The molecule has 0 aliphatic carbocycles. The van der Waals surface area contributed by atoms with E-state index in [-0.39, 0.29) is 30.5 Å². The Morgan fingerprint density at radius 2 is 1.76 bits per heavy atom. The van der Waals surface area contributed by atoms with Crippen molar-refractivity contribution in [2.24, 2.45) is 5.41 Å². The maximum atomic E-state index is 13.1. The lowest BCUT2D eigenvalue weighted by Gasteiger charge is -2.43. The van der Waals surface area contributed by atoms with E-state index in [1.165, 1.54) is 16.7 Å². The number of carbonyl (C=O) groups is 2. The summed E-state index contributed by atoms with van der Waals surface area (Å²) in [5.41, 5.74) is 1.54. The molecule has 180 valence electrons. The first-order valence-electron chi connectivity index (χ1n) is 11.2. The quantitative estimate of drug-likeness (QED) is 0.605. The van der Waals surface area contributed by atoms with Gasteiger partial charge in [0, 0.05) is 11.0 Å². The maximum absolute atomic E-state index is 13.1. The normalized spacial score (nSPS) is 22.5. The summed E-state index contributed by atoms with van der Waals surface area (Å²) in [6.07, 6.45) is -0.614. The third kappa shape index (κ3) is 4.47. The molecule has 34 heavy (non-hydrogen) atoms. The van der Waals surface area contributed by atoms with Crippen molar-refractivity contribution in [2.75, 3.05) is 38.1 Å². The van der Waals surface area contributed by atoms with Crippen LogP contribution in [0.5, 0.6) is 11.5 Å². The van der Waals surface area contributed by atoms with Crippen LogP contribution in [0, 0.1) is 5.41 Å². The van der Waals surface area contributed by atoms with E-state index in [1.807, 2.05) is 48.5 Å². The summed E-state index contributed by atoms with van der Waals surface area (Å²) in [6, 6.07) is 14.6. The highest BCUT2D eigenvalue weighted by Crippen LogP contribution is 2.43. The van der Waals surface area contributed by atoms with Gasteiger partial charge in [-0.15, -0.1) is 11.8 Å². The predicted octanol–water partition coefficient (Wildman–Crippen LogP) is 4.09. The number of nitrogens with zero attached hydrogens (tertiary/aromatic N) is 1. The zero-order chi connectivity index (χ0) is 23.8. The molecule has 2 fully saturated rings. The van der Waals surface area contributed by atoms with Crippen LogP contribution in [0.25, 0.3) is 0 Å². The van der Waals surface area contributed by atoms with E-state index in [0.717, 1.165) is 11.1 Å². The largest absolute Gasteiger partial charge is 0.454 e. The van der Waals surface area contributed by atoms with E-state index in [1.54, 1.807) is 0 Å². The van der Waals surface area contributed by atoms with Gasteiger partial charge in [0.1, 0.15) is 12.6 Å². The molecule has 0 aromatic heterocycles. The van der Waals surface area contributed by atoms with Gasteiger partial charge in [-0.25, -0.2) is 9.69 Å². The summed E-state index contributed by atoms with van der Waals surface area (Å²) in [7, 11) is 0. The van der Waals surface area contributed by atoms with Crippen molar-refractivity contribution in [3.8, 4) is 11.5 Å². The highest BCUT2D eigenvalue weighted by molar-refractivity contribution is 8.00. The summed E-state index contributed by atoms with van der Waals surface area (Å²) in [6.45, 7) is 5.50. The van der Waals surface area contributed by atoms with E-state index in [0.29, 0.717) is 30.5 Å². The molecule has 2 aromatic rings. The van der Waals surface area contributed by atoms with Crippen LogP contribution in [0.15, 0.2) is 48.5 Å². The molecule has 0 N–H and O–H groups in total. The second-order valence-electron chi connectivity index (χ2n) is 9.32. The number of imide groups is 1. The molecule has 3 aliphatic heterocycles. The van der Waals surface area contributed by atoms with Crippen molar-refractivity contribution in [3.05, 3.63) is 59.7 Å². The van der Waals surface area contributed by atoms with E-state index >= 15 is 0 Å². The topological polar surface area (TPSA) is 83.5 Å². The molecule has 2 aromatic carbocycles. The number of carbonyl (C=O) groups excluding carboxylic acids is 2. The predicted molar refractivity (Wildman–Crippen MR) is 125 cm³/mol.